The molecule has 0 saturated carbocycles. The molecule has 4 nitrogen and oxygen atoms in total. The molecular formula is C22H35FIN3O. The highest BCUT2D eigenvalue weighted by molar-refractivity contribution is 14.0. The predicted octanol–water partition coefficient (Wildman–Crippen LogP) is 4.75. The predicted molar refractivity (Wildman–Crippen MR) is 126 cm³/mol. The SMILES string of the molecule is C=CCCCCCN(C)C(=NC)NCC1(c2cccc(F)c2)CCOCC1.I. The number of aliphatic imine (C=N–C) groups is 1. The van der Waals surface area contributed by atoms with Crippen LogP contribution in [0.25, 0.3) is 0 Å². The van der Waals surface area contributed by atoms with Crippen molar-refractivity contribution < 1.29 is 9.13 Å². The Morgan fingerprint density at radius 1 is 1.32 bits per heavy atom. The number of guanidine groups is 1. The van der Waals surface area contributed by atoms with Crippen LogP contribution in [0.2, 0.25) is 0 Å². The van der Waals surface area contributed by atoms with Crippen LogP contribution in [-0.4, -0.2) is 51.3 Å². The van der Waals surface area contributed by atoms with Crippen LogP contribution in [0.5, 0.6) is 0 Å². The van der Waals surface area contributed by atoms with E-state index in [0.717, 1.165) is 50.3 Å². The monoisotopic (exact) mass is 503 g/mol. The second-order valence-electron chi connectivity index (χ2n) is 7.36. The van der Waals surface area contributed by atoms with Crippen molar-refractivity contribution in [2.75, 3.05) is 40.4 Å². The maximum atomic E-state index is 13.8. The summed E-state index contributed by atoms with van der Waals surface area (Å²) in [5.74, 6) is 0.709. The number of benzene rings is 1. The molecule has 0 atom stereocenters. The number of unbranched alkanes of at least 4 members (excludes halogenated alkanes) is 3. The summed E-state index contributed by atoms with van der Waals surface area (Å²) < 4.78 is 19.4. The van der Waals surface area contributed by atoms with Gasteiger partial charge in [-0.05, 0) is 49.8 Å². The molecule has 0 aliphatic carbocycles. The first-order valence-corrected chi connectivity index (χ1v) is 9.98. The summed E-state index contributed by atoms with van der Waals surface area (Å²) in [5.41, 5.74) is 0.919. The first-order chi connectivity index (χ1) is 13.1. The lowest BCUT2D eigenvalue weighted by molar-refractivity contribution is 0.0511. The molecule has 1 N–H and O–H groups in total. The van der Waals surface area contributed by atoms with Gasteiger partial charge in [-0.3, -0.25) is 4.99 Å². The van der Waals surface area contributed by atoms with Crippen LogP contribution >= 0.6 is 24.0 Å². The van der Waals surface area contributed by atoms with Gasteiger partial charge in [-0.25, -0.2) is 4.39 Å². The maximum Gasteiger partial charge on any atom is 0.193 e. The fourth-order valence-electron chi connectivity index (χ4n) is 3.70. The lowest BCUT2D eigenvalue weighted by Crippen LogP contribution is -2.48. The van der Waals surface area contributed by atoms with E-state index in [1.807, 2.05) is 19.2 Å². The van der Waals surface area contributed by atoms with Gasteiger partial charge < -0.3 is 15.0 Å². The van der Waals surface area contributed by atoms with Crippen LogP contribution < -0.4 is 5.32 Å². The Bertz CT molecular complexity index is 618. The van der Waals surface area contributed by atoms with E-state index < -0.39 is 0 Å². The zero-order valence-corrected chi connectivity index (χ0v) is 19.6. The van der Waals surface area contributed by atoms with Crippen molar-refractivity contribution in [3.8, 4) is 0 Å². The Morgan fingerprint density at radius 3 is 2.71 bits per heavy atom. The number of nitrogens with zero attached hydrogens (tertiary/aromatic N) is 2. The molecule has 28 heavy (non-hydrogen) atoms. The van der Waals surface area contributed by atoms with Gasteiger partial charge in [0.25, 0.3) is 0 Å². The molecule has 1 saturated heterocycles. The second-order valence-corrected chi connectivity index (χ2v) is 7.36. The van der Waals surface area contributed by atoms with E-state index in [-0.39, 0.29) is 35.2 Å². The van der Waals surface area contributed by atoms with Crippen LogP contribution in [0, 0.1) is 5.82 Å². The summed E-state index contributed by atoms with van der Waals surface area (Å²) in [7, 11) is 3.89. The van der Waals surface area contributed by atoms with Gasteiger partial charge >= 0.3 is 0 Å². The molecule has 2 rings (SSSR count). The minimum atomic E-state index is -0.181. The molecule has 0 spiro atoms. The number of ether oxygens (including phenoxy) is 1. The first kappa shape index (κ1) is 24.9. The fourth-order valence-corrected chi connectivity index (χ4v) is 3.70. The zero-order valence-electron chi connectivity index (χ0n) is 17.3. The first-order valence-electron chi connectivity index (χ1n) is 9.98. The van der Waals surface area contributed by atoms with Crippen LogP contribution in [-0.2, 0) is 10.2 Å². The third-order valence-electron chi connectivity index (χ3n) is 5.45. The van der Waals surface area contributed by atoms with Crippen molar-refractivity contribution in [1.82, 2.24) is 10.2 Å². The Balaban J connectivity index is 0.00000392. The molecule has 0 radical (unpaired) electrons. The van der Waals surface area contributed by atoms with Gasteiger partial charge in [0.15, 0.2) is 5.96 Å². The molecule has 1 fully saturated rings. The Hall–Kier alpha value is -1.15. The maximum absolute atomic E-state index is 13.8. The van der Waals surface area contributed by atoms with Gasteiger partial charge in [0.2, 0.25) is 0 Å². The fraction of sp³-hybridized carbons (Fsp3) is 0.591. The molecule has 1 aromatic rings. The van der Waals surface area contributed by atoms with Crippen LogP contribution in [0.4, 0.5) is 4.39 Å². The van der Waals surface area contributed by atoms with E-state index in [1.165, 1.54) is 18.9 Å². The third-order valence-corrected chi connectivity index (χ3v) is 5.45. The largest absolute Gasteiger partial charge is 0.381 e. The molecule has 1 aliphatic heterocycles. The molecule has 158 valence electrons. The van der Waals surface area contributed by atoms with Crippen molar-refractivity contribution in [3.05, 3.63) is 48.3 Å². The number of allylic oxidation sites excluding steroid dienone is 1. The van der Waals surface area contributed by atoms with Crippen LogP contribution in [0.1, 0.15) is 44.1 Å². The topological polar surface area (TPSA) is 36.9 Å². The van der Waals surface area contributed by atoms with Gasteiger partial charge in [-0.2, -0.15) is 0 Å². The van der Waals surface area contributed by atoms with Gasteiger partial charge in [0.1, 0.15) is 5.82 Å². The lowest BCUT2D eigenvalue weighted by Gasteiger charge is -2.39. The summed E-state index contributed by atoms with van der Waals surface area (Å²) in [6.07, 6.45) is 8.33. The molecular weight excluding hydrogens is 468 g/mol. The highest BCUT2D eigenvalue weighted by atomic mass is 127. The smallest absolute Gasteiger partial charge is 0.193 e. The highest BCUT2D eigenvalue weighted by Crippen LogP contribution is 2.34. The number of hydrogen-bond acceptors (Lipinski definition) is 2. The third kappa shape index (κ3) is 7.35. The molecule has 0 aromatic heterocycles. The van der Waals surface area contributed by atoms with Crippen molar-refractivity contribution in [2.24, 2.45) is 4.99 Å². The number of hydrogen-bond donors (Lipinski definition) is 1. The number of rotatable bonds is 9. The minimum Gasteiger partial charge on any atom is -0.381 e. The molecule has 1 aromatic carbocycles. The summed E-state index contributed by atoms with van der Waals surface area (Å²) in [4.78, 5) is 6.61. The summed E-state index contributed by atoms with van der Waals surface area (Å²) in [5, 5.41) is 3.53. The molecule has 1 heterocycles. The standard InChI is InChI=1S/C22H34FN3O.HI/c1-4-5-6-7-8-14-26(3)21(24-2)25-18-22(12-15-27-16-13-22)19-10-9-11-20(23)17-19;/h4,9-11,17H,1,5-8,12-16,18H2,2-3H3,(H,24,25);1H. The Morgan fingerprint density at radius 2 is 2.07 bits per heavy atom. The van der Waals surface area contributed by atoms with E-state index in [2.05, 4.69) is 28.8 Å². The van der Waals surface area contributed by atoms with E-state index >= 15 is 0 Å². The quantitative estimate of drug-likeness (QED) is 0.174. The summed E-state index contributed by atoms with van der Waals surface area (Å²) >= 11 is 0. The van der Waals surface area contributed by atoms with Crippen molar-refractivity contribution in [2.45, 2.75) is 43.9 Å². The van der Waals surface area contributed by atoms with Crippen molar-refractivity contribution in [3.63, 3.8) is 0 Å². The number of halogens is 2. The second kappa shape index (κ2) is 13.1. The zero-order chi connectivity index (χ0) is 19.5. The van der Waals surface area contributed by atoms with Crippen molar-refractivity contribution in [1.29, 1.82) is 0 Å². The summed E-state index contributed by atoms with van der Waals surface area (Å²) in [6, 6.07) is 7.00. The van der Waals surface area contributed by atoms with Gasteiger partial charge in [0, 0.05) is 45.8 Å². The van der Waals surface area contributed by atoms with E-state index in [9.17, 15) is 4.39 Å². The van der Waals surface area contributed by atoms with Crippen LogP contribution in [0.3, 0.4) is 0 Å². The molecule has 1 aliphatic rings. The van der Waals surface area contributed by atoms with E-state index in [0.29, 0.717) is 13.2 Å². The Kier molecular flexibility index (Phi) is 11.7. The molecule has 0 unspecified atom stereocenters. The number of nitrogens with one attached hydrogen (secondary N) is 1. The molecule has 0 amide bonds. The average Bonchev–Trinajstić information content (AvgIpc) is 2.69. The molecule has 0 bridgehead atoms. The van der Waals surface area contributed by atoms with E-state index in [1.54, 1.807) is 12.1 Å². The minimum absolute atomic E-state index is 0. The van der Waals surface area contributed by atoms with Crippen molar-refractivity contribution >= 4 is 29.9 Å². The highest BCUT2D eigenvalue weighted by Gasteiger charge is 2.35. The van der Waals surface area contributed by atoms with Crippen LogP contribution in [0.15, 0.2) is 41.9 Å². The summed E-state index contributed by atoms with van der Waals surface area (Å²) in [6.45, 7) is 6.87. The van der Waals surface area contributed by atoms with E-state index in [4.69, 9.17) is 4.74 Å². The lowest BCUT2D eigenvalue weighted by atomic mass is 9.74. The van der Waals surface area contributed by atoms with Gasteiger partial charge in [-0.15, -0.1) is 30.6 Å². The Labute approximate surface area is 186 Å². The molecule has 6 heteroatoms. The van der Waals surface area contributed by atoms with Gasteiger partial charge in [-0.1, -0.05) is 24.6 Å². The average molecular weight is 503 g/mol. The normalized spacial score (nSPS) is 16.2. The van der Waals surface area contributed by atoms with Gasteiger partial charge in [0.05, 0.1) is 0 Å².